The van der Waals surface area contributed by atoms with Gasteiger partial charge in [-0.3, -0.25) is 9.59 Å². The van der Waals surface area contributed by atoms with E-state index in [0.29, 0.717) is 12.8 Å². The first-order chi connectivity index (χ1) is 19.6. The van der Waals surface area contributed by atoms with Crippen molar-refractivity contribution in [2.24, 2.45) is 5.73 Å². The van der Waals surface area contributed by atoms with Gasteiger partial charge in [-0.25, -0.2) is 0 Å². The summed E-state index contributed by atoms with van der Waals surface area (Å²) < 4.78 is 0. The molecule has 2 amide bonds. The standard InChI is InChI=1S/C22H43NO.C14H29NO/c1-3-5-7-9-10-11-12-13-14-15-16-17-18-20-22(24)23-21-19-8-6-4-2;1-2-3-4-5-6-7-8-9-10-11-12-13-14(15)16/h11-12H,3-10,13-21H2,1-2H3,(H,23,24);2-13H2,1H3,(H2,15,16)/b12-11-;. The van der Waals surface area contributed by atoms with E-state index in [2.05, 4.69) is 38.2 Å². The maximum absolute atomic E-state index is 11.7. The molecule has 0 aliphatic carbocycles. The number of nitrogens with one attached hydrogen (secondary N) is 1. The molecule has 0 spiro atoms. The Balaban J connectivity index is 0. The maximum Gasteiger partial charge on any atom is 0.219 e. The molecule has 238 valence electrons. The van der Waals surface area contributed by atoms with Gasteiger partial charge in [-0.05, 0) is 44.9 Å². The second-order valence-corrected chi connectivity index (χ2v) is 11.8. The Morgan fingerprint density at radius 2 is 0.825 bits per heavy atom. The Hall–Kier alpha value is -1.32. The zero-order chi connectivity index (χ0) is 29.8. The van der Waals surface area contributed by atoms with Gasteiger partial charge in [-0.15, -0.1) is 0 Å². The van der Waals surface area contributed by atoms with E-state index in [0.717, 1.165) is 25.8 Å². The highest BCUT2D eigenvalue weighted by molar-refractivity contribution is 5.75. The second-order valence-electron chi connectivity index (χ2n) is 11.8. The van der Waals surface area contributed by atoms with Crippen LogP contribution in [0.5, 0.6) is 0 Å². The molecule has 0 radical (unpaired) electrons. The van der Waals surface area contributed by atoms with E-state index in [4.69, 9.17) is 5.73 Å². The molecule has 0 aromatic rings. The lowest BCUT2D eigenvalue weighted by atomic mass is 10.1. The number of hydrogen-bond acceptors (Lipinski definition) is 2. The predicted molar refractivity (Wildman–Crippen MR) is 178 cm³/mol. The van der Waals surface area contributed by atoms with Crippen molar-refractivity contribution in [2.45, 2.75) is 201 Å². The molecule has 4 heteroatoms. The Morgan fingerprint density at radius 1 is 0.475 bits per heavy atom. The van der Waals surface area contributed by atoms with E-state index < -0.39 is 0 Å². The molecule has 0 unspecified atom stereocenters. The molecule has 0 saturated carbocycles. The summed E-state index contributed by atoms with van der Waals surface area (Å²) >= 11 is 0. The molecular weight excluding hydrogens is 492 g/mol. The molecule has 0 rings (SSSR count). The van der Waals surface area contributed by atoms with E-state index in [1.54, 1.807) is 0 Å². The van der Waals surface area contributed by atoms with Crippen LogP contribution in [-0.4, -0.2) is 18.4 Å². The number of primary amides is 1. The van der Waals surface area contributed by atoms with Crippen LogP contribution in [0.15, 0.2) is 12.2 Å². The molecule has 0 aliphatic rings. The third-order valence-corrected chi connectivity index (χ3v) is 7.54. The number of amides is 2. The second kappa shape index (κ2) is 37.7. The van der Waals surface area contributed by atoms with Gasteiger partial charge in [0, 0.05) is 19.4 Å². The van der Waals surface area contributed by atoms with Crippen LogP contribution < -0.4 is 11.1 Å². The Morgan fingerprint density at radius 3 is 1.27 bits per heavy atom. The van der Waals surface area contributed by atoms with Gasteiger partial charge in [0.15, 0.2) is 0 Å². The lowest BCUT2D eigenvalue weighted by molar-refractivity contribution is -0.121. The summed E-state index contributed by atoms with van der Waals surface area (Å²) in [5, 5.41) is 3.04. The monoisotopic (exact) mass is 565 g/mol. The lowest BCUT2D eigenvalue weighted by Crippen LogP contribution is -2.23. The van der Waals surface area contributed by atoms with Gasteiger partial charge in [-0.2, -0.15) is 0 Å². The minimum atomic E-state index is -0.157. The zero-order valence-electron chi connectivity index (χ0n) is 27.6. The summed E-state index contributed by atoms with van der Waals surface area (Å²) in [6.07, 6.45) is 39.4. The summed E-state index contributed by atoms with van der Waals surface area (Å²) in [7, 11) is 0. The smallest absolute Gasteiger partial charge is 0.219 e. The highest BCUT2D eigenvalue weighted by Crippen LogP contribution is 2.12. The fraction of sp³-hybridized carbons (Fsp3) is 0.889. The minimum Gasteiger partial charge on any atom is -0.370 e. The van der Waals surface area contributed by atoms with Crippen molar-refractivity contribution in [3.63, 3.8) is 0 Å². The number of unbranched alkanes of at least 4 members (excludes halogenated alkanes) is 22. The van der Waals surface area contributed by atoms with E-state index in [-0.39, 0.29) is 11.8 Å². The number of rotatable bonds is 30. The van der Waals surface area contributed by atoms with Gasteiger partial charge in [-0.1, -0.05) is 155 Å². The van der Waals surface area contributed by atoms with Gasteiger partial charge in [0.25, 0.3) is 0 Å². The van der Waals surface area contributed by atoms with Crippen molar-refractivity contribution >= 4 is 11.8 Å². The third kappa shape index (κ3) is 41.2. The Kier molecular flexibility index (Phi) is 38.5. The van der Waals surface area contributed by atoms with Crippen molar-refractivity contribution in [3.05, 3.63) is 12.2 Å². The highest BCUT2D eigenvalue weighted by atomic mass is 16.1. The molecule has 0 aliphatic heterocycles. The molecule has 0 aromatic heterocycles. The Labute approximate surface area is 251 Å². The zero-order valence-corrected chi connectivity index (χ0v) is 27.6. The fourth-order valence-electron chi connectivity index (χ4n) is 4.83. The lowest BCUT2D eigenvalue weighted by Gasteiger charge is -2.05. The van der Waals surface area contributed by atoms with Crippen LogP contribution >= 0.6 is 0 Å². The summed E-state index contributed by atoms with van der Waals surface area (Å²) in [4.78, 5) is 22.1. The fourth-order valence-corrected chi connectivity index (χ4v) is 4.83. The first-order valence-corrected chi connectivity index (χ1v) is 17.8. The number of allylic oxidation sites excluding steroid dienone is 2. The molecule has 0 fully saturated rings. The SMILES string of the molecule is CCCCCC/C=C\CCCCCCCC(=O)NCCCCCC.CCCCCCCCCCCCCC(N)=O. The number of hydrogen-bond donors (Lipinski definition) is 2. The van der Waals surface area contributed by atoms with Crippen molar-refractivity contribution in [2.75, 3.05) is 6.54 Å². The topological polar surface area (TPSA) is 72.2 Å². The van der Waals surface area contributed by atoms with Gasteiger partial charge >= 0.3 is 0 Å². The largest absolute Gasteiger partial charge is 0.370 e. The molecule has 40 heavy (non-hydrogen) atoms. The van der Waals surface area contributed by atoms with E-state index >= 15 is 0 Å². The van der Waals surface area contributed by atoms with E-state index in [1.165, 1.54) is 148 Å². The van der Waals surface area contributed by atoms with Crippen LogP contribution in [0.1, 0.15) is 201 Å². The molecule has 0 aromatic carbocycles. The van der Waals surface area contributed by atoms with Gasteiger partial charge in [0.1, 0.15) is 0 Å². The molecular formula is C36H72N2O2. The average molecular weight is 565 g/mol. The maximum atomic E-state index is 11.7. The van der Waals surface area contributed by atoms with Crippen LogP contribution in [0.3, 0.4) is 0 Å². The van der Waals surface area contributed by atoms with Crippen LogP contribution in [0.2, 0.25) is 0 Å². The van der Waals surface area contributed by atoms with Gasteiger partial charge in [0.05, 0.1) is 0 Å². The molecule has 0 atom stereocenters. The number of carbonyl (C=O) groups excluding carboxylic acids is 2. The van der Waals surface area contributed by atoms with Crippen LogP contribution in [-0.2, 0) is 9.59 Å². The average Bonchev–Trinajstić information content (AvgIpc) is 2.94. The first-order valence-electron chi connectivity index (χ1n) is 17.8. The minimum absolute atomic E-state index is 0.157. The molecule has 3 N–H and O–H groups in total. The highest BCUT2D eigenvalue weighted by Gasteiger charge is 2.00. The molecule has 4 nitrogen and oxygen atoms in total. The van der Waals surface area contributed by atoms with E-state index in [1.807, 2.05) is 0 Å². The van der Waals surface area contributed by atoms with Crippen molar-refractivity contribution < 1.29 is 9.59 Å². The van der Waals surface area contributed by atoms with Crippen LogP contribution in [0.4, 0.5) is 0 Å². The quantitative estimate of drug-likeness (QED) is 0.0672. The van der Waals surface area contributed by atoms with Gasteiger partial charge in [0.2, 0.25) is 11.8 Å². The van der Waals surface area contributed by atoms with Crippen molar-refractivity contribution in [1.82, 2.24) is 5.32 Å². The van der Waals surface area contributed by atoms with Crippen molar-refractivity contribution in [1.29, 1.82) is 0 Å². The van der Waals surface area contributed by atoms with Crippen molar-refractivity contribution in [3.8, 4) is 0 Å². The summed E-state index contributed by atoms with van der Waals surface area (Å²) in [5.74, 6) is 0.0911. The number of nitrogens with two attached hydrogens (primary N) is 1. The van der Waals surface area contributed by atoms with Crippen LogP contribution in [0.25, 0.3) is 0 Å². The summed E-state index contributed by atoms with van der Waals surface area (Å²) in [6, 6.07) is 0. The molecule has 0 bridgehead atoms. The molecule has 0 heterocycles. The first kappa shape index (κ1) is 40.8. The molecule has 0 saturated heterocycles. The normalized spacial score (nSPS) is 11.0. The summed E-state index contributed by atoms with van der Waals surface area (Å²) in [6.45, 7) is 7.59. The Bertz CT molecular complexity index is 533. The summed E-state index contributed by atoms with van der Waals surface area (Å²) in [5.41, 5.74) is 5.07. The van der Waals surface area contributed by atoms with E-state index in [9.17, 15) is 9.59 Å². The predicted octanol–water partition coefficient (Wildman–Crippen LogP) is 11.1. The van der Waals surface area contributed by atoms with Gasteiger partial charge < -0.3 is 11.1 Å². The number of carbonyl (C=O) groups is 2. The third-order valence-electron chi connectivity index (χ3n) is 7.54. The van der Waals surface area contributed by atoms with Crippen LogP contribution in [0, 0.1) is 0 Å².